The van der Waals surface area contributed by atoms with Crippen LogP contribution >= 0.6 is 0 Å². The quantitative estimate of drug-likeness (QED) is 0.260. The number of ether oxygens (including phenoxy) is 3. The maximum absolute atomic E-state index is 13.4. The van der Waals surface area contributed by atoms with Crippen molar-refractivity contribution < 1.29 is 33.4 Å². The molecule has 0 aliphatic carbocycles. The summed E-state index contributed by atoms with van der Waals surface area (Å²) in [6.07, 6.45) is 2.68. The summed E-state index contributed by atoms with van der Waals surface area (Å²) in [6.45, 7) is 15.0. The number of hydrogen-bond donors (Lipinski definition) is 2. The van der Waals surface area contributed by atoms with E-state index in [2.05, 4.69) is 10.6 Å². The monoisotopic (exact) mass is 651 g/mol. The SMILES string of the molecule is Cc1ccc(OCCC2CCCN(C(=O)OC(C)(C)C)C2)cc1CNC(=O)C(Cc1ccccc1)NC(=O)CCC(=O)OC(C)(C)C. The van der Waals surface area contributed by atoms with Crippen molar-refractivity contribution in [1.82, 2.24) is 15.5 Å². The van der Waals surface area contributed by atoms with Crippen LogP contribution in [-0.4, -0.2) is 65.7 Å². The molecule has 0 spiro atoms. The zero-order valence-corrected chi connectivity index (χ0v) is 29.1. The van der Waals surface area contributed by atoms with Gasteiger partial charge in [0.2, 0.25) is 11.8 Å². The Morgan fingerprint density at radius 1 is 0.936 bits per heavy atom. The van der Waals surface area contributed by atoms with E-state index in [0.29, 0.717) is 37.8 Å². The van der Waals surface area contributed by atoms with Gasteiger partial charge >= 0.3 is 12.1 Å². The third kappa shape index (κ3) is 14.1. The molecule has 2 atom stereocenters. The minimum atomic E-state index is -0.820. The van der Waals surface area contributed by atoms with Crippen molar-refractivity contribution in [3.05, 3.63) is 65.2 Å². The summed E-state index contributed by atoms with van der Waals surface area (Å²) in [4.78, 5) is 52.6. The predicted molar refractivity (Wildman–Crippen MR) is 181 cm³/mol. The van der Waals surface area contributed by atoms with Gasteiger partial charge in [0.05, 0.1) is 13.0 Å². The fourth-order valence-electron chi connectivity index (χ4n) is 5.30. The van der Waals surface area contributed by atoms with Crippen LogP contribution in [0.2, 0.25) is 0 Å². The van der Waals surface area contributed by atoms with Crippen LogP contribution < -0.4 is 15.4 Å². The minimum Gasteiger partial charge on any atom is -0.494 e. The third-order valence-corrected chi connectivity index (χ3v) is 7.65. The molecule has 2 aromatic carbocycles. The summed E-state index contributed by atoms with van der Waals surface area (Å²) in [6, 6.07) is 14.4. The summed E-state index contributed by atoms with van der Waals surface area (Å²) in [5.41, 5.74) is 1.65. The van der Waals surface area contributed by atoms with E-state index in [1.165, 1.54) is 0 Å². The maximum atomic E-state index is 13.4. The van der Waals surface area contributed by atoms with Gasteiger partial charge in [-0.2, -0.15) is 0 Å². The van der Waals surface area contributed by atoms with Crippen molar-refractivity contribution in [3.63, 3.8) is 0 Å². The molecule has 2 aromatic rings. The highest BCUT2D eigenvalue weighted by atomic mass is 16.6. The number of nitrogens with one attached hydrogen (secondary N) is 2. The Morgan fingerprint density at radius 2 is 1.64 bits per heavy atom. The summed E-state index contributed by atoms with van der Waals surface area (Å²) >= 11 is 0. The number of esters is 1. The number of rotatable bonds is 13. The van der Waals surface area contributed by atoms with E-state index in [9.17, 15) is 19.2 Å². The van der Waals surface area contributed by atoms with Gasteiger partial charge in [-0.1, -0.05) is 36.4 Å². The smallest absolute Gasteiger partial charge is 0.410 e. The number of carbonyl (C=O) groups excluding carboxylic acids is 4. The van der Waals surface area contributed by atoms with Crippen molar-refractivity contribution in [1.29, 1.82) is 0 Å². The second-order valence-corrected chi connectivity index (χ2v) is 14.3. The van der Waals surface area contributed by atoms with Gasteiger partial charge in [-0.15, -0.1) is 0 Å². The Labute approximate surface area is 279 Å². The number of amides is 3. The first-order valence-corrected chi connectivity index (χ1v) is 16.6. The van der Waals surface area contributed by atoms with E-state index in [-0.39, 0.29) is 31.4 Å². The van der Waals surface area contributed by atoms with E-state index >= 15 is 0 Å². The topological polar surface area (TPSA) is 123 Å². The predicted octanol–water partition coefficient (Wildman–Crippen LogP) is 5.88. The van der Waals surface area contributed by atoms with Gasteiger partial charge in [0, 0.05) is 32.5 Å². The van der Waals surface area contributed by atoms with Crippen molar-refractivity contribution in [2.75, 3.05) is 19.7 Å². The van der Waals surface area contributed by atoms with Crippen molar-refractivity contribution in [2.45, 2.75) is 111 Å². The first-order valence-electron chi connectivity index (χ1n) is 16.6. The van der Waals surface area contributed by atoms with Crippen LogP contribution in [0.5, 0.6) is 5.75 Å². The van der Waals surface area contributed by atoms with Gasteiger partial charge in [0.15, 0.2) is 0 Å². The van der Waals surface area contributed by atoms with Gasteiger partial charge in [-0.05, 0) is 102 Å². The number of aryl methyl sites for hydroxylation is 1. The van der Waals surface area contributed by atoms with Gasteiger partial charge in [0.25, 0.3) is 0 Å². The van der Waals surface area contributed by atoms with E-state index in [1.54, 1.807) is 25.7 Å². The number of likely N-dealkylation sites (tertiary alicyclic amines) is 1. The number of hydrogen-bond acceptors (Lipinski definition) is 7. The zero-order chi connectivity index (χ0) is 34.6. The summed E-state index contributed by atoms with van der Waals surface area (Å²) in [7, 11) is 0. The highest BCUT2D eigenvalue weighted by Crippen LogP contribution is 2.23. The number of nitrogens with zero attached hydrogens (tertiary/aromatic N) is 1. The van der Waals surface area contributed by atoms with E-state index in [4.69, 9.17) is 14.2 Å². The first-order chi connectivity index (χ1) is 22.1. The normalized spacial score (nSPS) is 15.7. The lowest BCUT2D eigenvalue weighted by molar-refractivity contribution is -0.155. The molecule has 1 aliphatic rings. The van der Waals surface area contributed by atoms with Crippen LogP contribution in [-0.2, 0) is 36.8 Å². The molecule has 10 nitrogen and oxygen atoms in total. The zero-order valence-electron chi connectivity index (χ0n) is 29.1. The van der Waals surface area contributed by atoms with Gasteiger partial charge < -0.3 is 29.7 Å². The van der Waals surface area contributed by atoms with Crippen molar-refractivity contribution in [2.24, 2.45) is 5.92 Å². The number of piperidine rings is 1. The second-order valence-electron chi connectivity index (χ2n) is 14.3. The number of carbonyl (C=O) groups is 4. The summed E-state index contributed by atoms with van der Waals surface area (Å²) in [5.74, 6) is -0.143. The molecule has 3 rings (SSSR count). The Kier molecular flexibility index (Phi) is 13.7. The lowest BCUT2D eigenvalue weighted by atomic mass is 9.95. The van der Waals surface area contributed by atoms with Crippen molar-refractivity contribution in [3.8, 4) is 5.75 Å². The maximum Gasteiger partial charge on any atom is 0.410 e. The van der Waals surface area contributed by atoms with Crippen LogP contribution in [0.15, 0.2) is 48.5 Å². The van der Waals surface area contributed by atoms with E-state index in [0.717, 1.165) is 36.0 Å². The average molecular weight is 652 g/mol. The molecular weight excluding hydrogens is 598 g/mol. The Bertz CT molecular complexity index is 1350. The molecular formula is C37H53N3O7. The number of benzene rings is 2. The Hall–Kier alpha value is -4.08. The van der Waals surface area contributed by atoms with E-state index < -0.39 is 29.1 Å². The molecule has 1 saturated heterocycles. The fourth-order valence-corrected chi connectivity index (χ4v) is 5.30. The van der Waals surface area contributed by atoms with E-state index in [1.807, 2.05) is 76.2 Å². The van der Waals surface area contributed by atoms with Crippen LogP contribution in [0.4, 0.5) is 4.79 Å². The van der Waals surface area contributed by atoms with Crippen LogP contribution in [0.3, 0.4) is 0 Å². The molecule has 1 fully saturated rings. The summed E-state index contributed by atoms with van der Waals surface area (Å²) in [5, 5.41) is 5.79. The highest BCUT2D eigenvalue weighted by molar-refractivity contribution is 5.89. The Morgan fingerprint density at radius 3 is 2.32 bits per heavy atom. The summed E-state index contributed by atoms with van der Waals surface area (Å²) < 4.78 is 16.9. The molecule has 3 amide bonds. The molecule has 0 radical (unpaired) electrons. The molecule has 1 heterocycles. The fraction of sp³-hybridized carbons (Fsp3) is 0.568. The van der Waals surface area contributed by atoms with Gasteiger partial charge in [-0.25, -0.2) is 4.79 Å². The van der Waals surface area contributed by atoms with Crippen LogP contribution in [0.1, 0.15) is 90.3 Å². The van der Waals surface area contributed by atoms with Crippen LogP contribution in [0, 0.1) is 12.8 Å². The van der Waals surface area contributed by atoms with Crippen LogP contribution in [0.25, 0.3) is 0 Å². The molecule has 2 N–H and O–H groups in total. The van der Waals surface area contributed by atoms with Gasteiger partial charge in [-0.3, -0.25) is 14.4 Å². The molecule has 10 heteroatoms. The lowest BCUT2D eigenvalue weighted by Crippen LogP contribution is -2.48. The Balaban J connectivity index is 1.54. The minimum absolute atomic E-state index is 0.0719. The third-order valence-electron chi connectivity index (χ3n) is 7.65. The lowest BCUT2D eigenvalue weighted by Gasteiger charge is -2.34. The van der Waals surface area contributed by atoms with Crippen molar-refractivity contribution >= 4 is 23.9 Å². The standard InChI is InChI=1S/C37H53N3O7/c1-26-15-16-30(45-21-19-28-14-11-20-40(25-28)35(44)47-37(5,6)7)23-29(26)24-38-34(43)31(22-27-12-9-8-10-13-27)39-32(41)17-18-33(42)46-36(2,3)4/h8-10,12-13,15-16,23,28,31H,11,14,17-22,24-25H2,1-7H3,(H,38,43)(H,39,41). The molecule has 0 bridgehead atoms. The first kappa shape index (κ1) is 37.4. The highest BCUT2D eigenvalue weighted by Gasteiger charge is 2.28. The largest absolute Gasteiger partial charge is 0.494 e. The second kappa shape index (κ2) is 17.2. The molecule has 0 saturated carbocycles. The van der Waals surface area contributed by atoms with Gasteiger partial charge in [0.1, 0.15) is 23.0 Å². The molecule has 0 aromatic heterocycles. The average Bonchev–Trinajstić information content (AvgIpc) is 2.98. The molecule has 1 aliphatic heterocycles. The molecule has 47 heavy (non-hydrogen) atoms. The molecule has 2 unspecified atom stereocenters. The molecule has 258 valence electrons.